The summed E-state index contributed by atoms with van der Waals surface area (Å²) in [6.45, 7) is 2.37. The lowest BCUT2D eigenvalue weighted by Gasteiger charge is -2.48. The Balaban J connectivity index is 1.69. The highest BCUT2D eigenvalue weighted by atomic mass is 32.2. The van der Waals surface area contributed by atoms with Gasteiger partial charge in [-0.15, -0.1) is 0 Å². The van der Waals surface area contributed by atoms with Gasteiger partial charge in [0, 0.05) is 38.0 Å². The molecule has 1 aromatic heterocycles. The van der Waals surface area contributed by atoms with Gasteiger partial charge >= 0.3 is 0 Å². The van der Waals surface area contributed by atoms with Crippen LogP contribution in [0.4, 0.5) is 0 Å². The van der Waals surface area contributed by atoms with E-state index in [4.69, 9.17) is 4.42 Å². The number of furan rings is 1. The number of hydrogen-bond donors (Lipinski definition) is 1. The second-order valence-electron chi connectivity index (χ2n) is 7.07. The first kappa shape index (κ1) is 18.3. The summed E-state index contributed by atoms with van der Waals surface area (Å²) < 4.78 is 5.68. The SMILES string of the molecule is CSCc1ccc(C(=O)N2CCC[C@]3(CCC(=O)N(CCO)C3)C2)o1. The minimum absolute atomic E-state index is 0.0188. The normalized spacial score (nSPS) is 24.2. The fraction of sp³-hybridized carbons (Fsp3) is 0.667. The van der Waals surface area contributed by atoms with E-state index in [9.17, 15) is 14.7 Å². The molecular formula is C18H26N2O4S. The van der Waals surface area contributed by atoms with Crippen LogP contribution in [0.1, 0.15) is 42.0 Å². The molecule has 1 N–H and O–H groups in total. The number of carbonyl (C=O) groups excluding carboxylic acids is 2. The molecule has 1 spiro atoms. The Morgan fingerprint density at radius 2 is 2.20 bits per heavy atom. The van der Waals surface area contributed by atoms with E-state index in [2.05, 4.69) is 0 Å². The molecule has 1 atom stereocenters. The Hall–Kier alpha value is -1.47. The zero-order valence-corrected chi connectivity index (χ0v) is 15.5. The van der Waals surface area contributed by atoms with E-state index in [0.29, 0.717) is 31.8 Å². The maximum absolute atomic E-state index is 12.8. The molecule has 0 unspecified atom stereocenters. The first-order valence-corrected chi connectivity index (χ1v) is 10.2. The van der Waals surface area contributed by atoms with E-state index in [1.54, 1.807) is 22.7 Å². The fourth-order valence-electron chi connectivity index (χ4n) is 4.01. The van der Waals surface area contributed by atoms with Gasteiger partial charge in [-0.2, -0.15) is 11.8 Å². The molecular weight excluding hydrogens is 340 g/mol. The van der Waals surface area contributed by atoms with Gasteiger partial charge in [-0.1, -0.05) is 0 Å². The van der Waals surface area contributed by atoms with Gasteiger partial charge in [0.2, 0.25) is 5.91 Å². The second kappa shape index (κ2) is 7.83. The standard InChI is InChI=1S/C18H26N2O4S/c1-25-11-14-3-4-15(24-14)17(23)20-8-2-6-18(13-20)7-5-16(22)19(12-18)9-10-21/h3-4,21H,2,5-13H2,1H3/t18-/m1/s1. The van der Waals surface area contributed by atoms with Crippen LogP contribution in [0.2, 0.25) is 0 Å². The predicted octanol–water partition coefficient (Wildman–Crippen LogP) is 1.98. The second-order valence-corrected chi connectivity index (χ2v) is 7.93. The number of hydrogen-bond acceptors (Lipinski definition) is 5. The molecule has 7 heteroatoms. The van der Waals surface area contributed by atoms with Crippen molar-refractivity contribution >= 4 is 23.6 Å². The van der Waals surface area contributed by atoms with Gasteiger partial charge in [-0.3, -0.25) is 9.59 Å². The van der Waals surface area contributed by atoms with Gasteiger partial charge in [0.15, 0.2) is 5.76 Å². The lowest BCUT2D eigenvalue weighted by Crippen LogP contribution is -2.55. The van der Waals surface area contributed by atoms with Gasteiger partial charge in [-0.05, 0) is 37.7 Å². The van der Waals surface area contributed by atoms with Crippen LogP contribution in [0.5, 0.6) is 0 Å². The molecule has 0 saturated carbocycles. The maximum atomic E-state index is 12.8. The third-order valence-corrected chi connectivity index (χ3v) is 5.80. The average molecular weight is 366 g/mol. The molecule has 0 aliphatic carbocycles. The zero-order valence-electron chi connectivity index (χ0n) is 14.7. The number of rotatable bonds is 5. The quantitative estimate of drug-likeness (QED) is 0.863. The van der Waals surface area contributed by atoms with Crippen molar-refractivity contribution in [3.63, 3.8) is 0 Å². The number of amides is 2. The first-order valence-electron chi connectivity index (χ1n) is 8.82. The average Bonchev–Trinajstić information content (AvgIpc) is 3.07. The van der Waals surface area contributed by atoms with Gasteiger partial charge in [0.1, 0.15) is 5.76 Å². The van der Waals surface area contributed by atoms with Crippen molar-refractivity contribution in [3.8, 4) is 0 Å². The number of likely N-dealkylation sites (tertiary alicyclic amines) is 2. The predicted molar refractivity (Wildman–Crippen MR) is 96.4 cm³/mol. The number of aliphatic hydroxyl groups is 1. The van der Waals surface area contributed by atoms with Gasteiger partial charge in [0.25, 0.3) is 5.91 Å². The van der Waals surface area contributed by atoms with Crippen LogP contribution in [0.15, 0.2) is 16.5 Å². The molecule has 2 aliphatic heterocycles. The van der Waals surface area contributed by atoms with Crippen molar-refractivity contribution in [2.75, 3.05) is 39.0 Å². The highest BCUT2D eigenvalue weighted by Crippen LogP contribution is 2.39. The number of nitrogens with zero attached hydrogens (tertiary/aromatic N) is 2. The summed E-state index contributed by atoms with van der Waals surface area (Å²) in [6.07, 6.45) is 5.27. The topological polar surface area (TPSA) is 74.0 Å². The van der Waals surface area contributed by atoms with Crippen molar-refractivity contribution in [1.82, 2.24) is 9.80 Å². The highest BCUT2D eigenvalue weighted by molar-refractivity contribution is 7.97. The van der Waals surface area contributed by atoms with Crippen molar-refractivity contribution in [2.24, 2.45) is 5.41 Å². The van der Waals surface area contributed by atoms with Gasteiger partial charge in [0.05, 0.1) is 12.4 Å². The van der Waals surface area contributed by atoms with E-state index >= 15 is 0 Å². The molecule has 0 aromatic carbocycles. The third kappa shape index (κ3) is 4.03. The molecule has 0 bridgehead atoms. The number of thioether (sulfide) groups is 1. The van der Waals surface area contributed by atoms with Crippen molar-refractivity contribution < 1.29 is 19.1 Å². The van der Waals surface area contributed by atoms with Crippen molar-refractivity contribution in [3.05, 3.63) is 23.7 Å². The molecule has 2 fully saturated rings. The smallest absolute Gasteiger partial charge is 0.289 e. The van der Waals surface area contributed by atoms with Gasteiger partial charge in [-0.25, -0.2) is 0 Å². The summed E-state index contributed by atoms with van der Waals surface area (Å²) in [5, 5.41) is 9.19. The van der Waals surface area contributed by atoms with Crippen LogP contribution in [0.3, 0.4) is 0 Å². The lowest BCUT2D eigenvalue weighted by molar-refractivity contribution is -0.139. The summed E-state index contributed by atoms with van der Waals surface area (Å²) in [5.74, 6) is 2.03. The van der Waals surface area contributed by atoms with E-state index < -0.39 is 0 Å². The van der Waals surface area contributed by atoms with Crippen LogP contribution in [0.25, 0.3) is 0 Å². The molecule has 25 heavy (non-hydrogen) atoms. The number of carbonyl (C=O) groups is 2. The number of piperidine rings is 2. The minimum Gasteiger partial charge on any atom is -0.455 e. The van der Waals surface area contributed by atoms with Crippen LogP contribution >= 0.6 is 11.8 Å². The molecule has 1 aromatic rings. The maximum Gasteiger partial charge on any atom is 0.289 e. The Morgan fingerprint density at radius 1 is 1.36 bits per heavy atom. The monoisotopic (exact) mass is 366 g/mol. The number of aliphatic hydroxyl groups excluding tert-OH is 1. The van der Waals surface area contributed by atoms with E-state index in [0.717, 1.165) is 37.3 Å². The Kier molecular flexibility index (Phi) is 5.74. The Bertz CT molecular complexity index is 632. The molecule has 6 nitrogen and oxygen atoms in total. The molecule has 2 aliphatic rings. The molecule has 138 valence electrons. The number of β-amino-alcohol motifs (C(OH)–C–C–N with tert-alkyl or cyclic N) is 1. The summed E-state index contributed by atoms with van der Waals surface area (Å²) in [7, 11) is 0. The third-order valence-electron chi connectivity index (χ3n) is 5.23. The van der Waals surface area contributed by atoms with Crippen molar-refractivity contribution in [1.29, 1.82) is 0 Å². The largest absolute Gasteiger partial charge is 0.455 e. The van der Waals surface area contributed by atoms with Crippen molar-refractivity contribution in [2.45, 2.75) is 31.4 Å². The van der Waals surface area contributed by atoms with Crippen LogP contribution in [-0.4, -0.2) is 65.8 Å². The molecule has 2 saturated heterocycles. The summed E-state index contributed by atoms with van der Waals surface area (Å²) >= 11 is 1.66. The summed E-state index contributed by atoms with van der Waals surface area (Å²) in [6, 6.07) is 3.63. The van der Waals surface area contributed by atoms with E-state index in [1.807, 2.05) is 17.2 Å². The molecule has 0 radical (unpaired) electrons. The van der Waals surface area contributed by atoms with E-state index in [1.165, 1.54) is 0 Å². The summed E-state index contributed by atoms with van der Waals surface area (Å²) in [5.41, 5.74) is -0.0499. The van der Waals surface area contributed by atoms with Crippen LogP contribution in [-0.2, 0) is 10.5 Å². The molecule has 2 amide bonds. The summed E-state index contributed by atoms with van der Waals surface area (Å²) in [4.78, 5) is 28.5. The van der Waals surface area contributed by atoms with Crippen LogP contribution in [0, 0.1) is 5.41 Å². The van der Waals surface area contributed by atoms with E-state index in [-0.39, 0.29) is 23.8 Å². The minimum atomic E-state index is -0.0583. The Morgan fingerprint density at radius 3 is 2.96 bits per heavy atom. The fourth-order valence-corrected chi connectivity index (χ4v) is 4.45. The Labute approximate surface area is 152 Å². The first-order chi connectivity index (χ1) is 12.1. The molecule has 3 heterocycles. The zero-order chi connectivity index (χ0) is 17.9. The molecule has 3 rings (SSSR count). The lowest BCUT2D eigenvalue weighted by atomic mass is 9.73. The highest BCUT2D eigenvalue weighted by Gasteiger charge is 2.43. The van der Waals surface area contributed by atoms with Gasteiger partial charge < -0.3 is 19.3 Å². The van der Waals surface area contributed by atoms with Crippen LogP contribution < -0.4 is 0 Å².